The summed E-state index contributed by atoms with van der Waals surface area (Å²) in [5.74, 6) is 1.66. The van der Waals surface area contributed by atoms with Crippen molar-refractivity contribution in [2.45, 2.75) is 0 Å². The normalized spacial score (nSPS) is 10.3. The largest absolute Gasteiger partial charge is 0.457 e. The highest BCUT2D eigenvalue weighted by molar-refractivity contribution is 5.86. The Balaban J connectivity index is 1.84. The molecular weight excluding hydrogens is 272 g/mol. The predicted molar refractivity (Wildman–Crippen MR) is 76.4 cm³/mol. The van der Waals surface area contributed by atoms with E-state index in [0.717, 1.165) is 5.52 Å². The summed E-state index contributed by atoms with van der Waals surface area (Å²) < 4.78 is 10.2. The van der Waals surface area contributed by atoms with Crippen LogP contribution in [0.25, 0.3) is 11.0 Å². The number of carbonyl (C=O) groups is 1. The van der Waals surface area contributed by atoms with Crippen LogP contribution in [0.1, 0.15) is 0 Å². The van der Waals surface area contributed by atoms with Gasteiger partial charge < -0.3 is 14.5 Å². The number of carbonyl (C=O) groups excluding carboxylic acids is 1. The summed E-state index contributed by atoms with van der Waals surface area (Å²) in [6.45, 7) is 0. The third kappa shape index (κ3) is 2.92. The van der Waals surface area contributed by atoms with E-state index >= 15 is 0 Å². The van der Waals surface area contributed by atoms with Crippen molar-refractivity contribution in [2.75, 3.05) is 12.4 Å². The average molecular weight is 284 g/mol. The number of pyridine rings is 1. The smallest absolute Gasteiger partial charge is 0.413 e. The third-order valence-electron chi connectivity index (χ3n) is 2.74. The summed E-state index contributed by atoms with van der Waals surface area (Å²) in [7, 11) is 1.29. The molecule has 0 aliphatic heterocycles. The van der Waals surface area contributed by atoms with Gasteiger partial charge in [-0.3, -0.25) is 10.3 Å². The number of aromatic amines is 1. The number of hydrogen-bond donors (Lipinski definition) is 2. The second-order valence-corrected chi connectivity index (χ2v) is 4.17. The first kappa shape index (κ1) is 12.9. The van der Waals surface area contributed by atoms with E-state index in [-0.39, 0.29) is 0 Å². The van der Waals surface area contributed by atoms with Crippen molar-refractivity contribution in [3.63, 3.8) is 0 Å². The number of nitrogens with zero attached hydrogens (tertiary/aromatic N) is 2. The van der Waals surface area contributed by atoms with Gasteiger partial charge in [-0.05, 0) is 24.3 Å². The Morgan fingerprint density at radius 3 is 2.76 bits per heavy atom. The third-order valence-corrected chi connectivity index (χ3v) is 2.74. The topological polar surface area (TPSA) is 89.1 Å². The molecule has 3 aromatic rings. The lowest BCUT2D eigenvalue weighted by molar-refractivity contribution is 0.186. The average Bonchev–Trinajstić information content (AvgIpc) is 2.89. The first-order valence-corrected chi connectivity index (χ1v) is 6.17. The van der Waals surface area contributed by atoms with Crippen LogP contribution >= 0.6 is 0 Å². The molecule has 0 radical (unpaired) electrons. The van der Waals surface area contributed by atoms with Crippen molar-refractivity contribution < 1.29 is 14.3 Å². The summed E-state index contributed by atoms with van der Waals surface area (Å²) >= 11 is 0. The van der Waals surface area contributed by atoms with Crippen molar-refractivity contribution in [3.8, 4) is 11.5 Å². The van der Waals surface area contributed by atoms with Crippen LogP contribution in [0.3, 0.4) is 0 Å². The molecular formula is C14H12N4O3. The number of ether oxygens (including phenoxy) is 2. The van der Waals surface area contributed by atoms with Crippen molar-refractivity contribution >= 4 is 23.1 Å². The van der Waals surface area contributed by atoms with Gasteiger partial charge in [-0.25, -0.2) is 9.78 Å². The summed E-state index contributed by atoms with van der Waals surface area (Å²) in [5.41, 5.74) is 1.46. The number of nitrogens with one attached hydrogen (secondary N) is 2. The fourth-order valence-corrected chi connectivity index (χ4v) is 1.80. The molecule has 0 aliphatic carbocycles. The SMILES string of the molecule is COC(=O)Nc1nc2ccc(Oc3ccncc3)cc2[nH]1. The minimum Gasteiger partial charge on any atom is -0.457 e. The molecule has 2 N–H and O–H groups in total. The molecule has 0 unspecified atom stereocenters. The summed E-state index contributed by atoms with van der Waals surface area (Å²) in [6, 6.07) is 8.92. The van der Waals surface area contributed by atoms with Crippen LogP contribution in [0.2, 0.25) is 0 Å². The molecule has 7 heteroatoms. The van der Waals surface area contributed by atoms with E-state index in [1.807, 2.05) is 0 Å². The number of amides is 1. The molecule has 2 heterocycles. The number of aromatic nitrogens is 3. The van der Waals surface area contributed by atoms with Crippen LogP contribution in [0, 0.1) is 0 Å². The second kappa shape index (κ2) is 5.49. The van der Waals surface area contributed by atoms with Gasteiger partial charge in [-0.1, -0.05) is 0 Å². The van der Waals surface area contributed by atoms with E-state index in [1.165, 1.54) is 7.11 Å². The molecule has 2 aromatic heterocycles. The van der Waals surface area contributed by atoms with Gasteiger partial charge in [0.2, 0.25) is 5.95 Å². The van der Waals surface area contributed by atoms with Gasteiger partial charge >= 0.3 is 6.09 Å². The highest BCUT2D eigenvalue weighted by Crippen LogP contribution is 2.25. The lowest BCUT2D eigenvalue weighted by atomic mass is 10.3. The zero-order valence-electron chi connectivity index (χ0n) is 11.2. The zero-order chi connectivity index (χ0) is 14.7. The van der Waals surface area contributed by atoms with Gasteiger partial charge in [0.15, 0.2) is 0 Å². The first-order valence-electron chi connectivity index (χ1n) is 6.17. The number of anilines is 1. The molecule has 21 heavy (non-hydrogen) atoms. The van der Waals surface area contributed by atoms with E-state index in [1.54, 1.807) is 42.7 Å². The van der Waals surface area contributed by atoms with E-state index in [9.17, 15) is 4.79 Å². The fourth-order valence-electron chi connectivity index (χ4n) is 1.80. The lowest BCUT2D eigenvalue weighted by Gasteiger charge is -2.04. The Kier molecular flexibility index (Phi) is 3.38. The van der Waals surface area contributed by atoms with Gasteiger partial charge in [0, 0.05) is 18.5 Å². The Bertz CT molecular complexity index is 770. The first-order chi connectivity index (χ1) is 10.2. The molecule has 106 valence electrons. The highest BCUT2D eigenvalue weighted by Gasteiger charge is 2.07. The van der Waals surface area contributed by atoms with Crippen molar-refractivity contribution in [1.29, 1.82) is 0 Å². The molecule has 0 fully saturated rings. The summed E-state index contributed by atoms with van der Waals surface area (Å²) in [6.07, 6.45) is 2.73. The molecule has 0 saturated heterocycles. The van der Waals surface area contributed by atoms with Crippen molar-refractivity contribution in [1.82, 2.24) is 15.0 Å². The standard InChI is InChI=1S/C14H12N4O3/c1-20-14(19)18-13-16-11-3-2-10(8-12(11)17-13)21-9-4-6-15-7-5-9/h2-8H,1H3,(H2,16,17,18,19). The Labute approximate surface area is 119 Å². The van der Waals surface area contributed by atoms with Crippen LogP contribution in [0.15, 0.2) is 42.7 Å². The Hall–Kier alpha value is -3.09. The number of methoxy groups -OCH3 is 1. The minimum atomic E-state index is -0.581. The molecule has 0 saturated carbocycles. The van der Waals surface area contributed by atoms with E-state index in [0.29, 0.717) is 23.0 Å². The number of benzene rings is 1. The number of imidazole rings is 1. The maximum Gasteiger partial charge on any atom is 0.413 e. The number of rotatable bonds is 3. The molecule has 7 nitrogen and oxygen atoms in total. The summed E-state index contributed by atoms with van der Waals surface area (Å²) in [5, 5.41) is 2.47. The van der Waals surface area contributed by atoms with E-state index in [2.05, 4.69) is 25.0 Å². The maximum atomic E-state index is 11.1. The van der Waals surface area contributed by atoms with Crippen molar-refractivity contribution in [2.24, 2.45) is 0 Å². The molecule has 1 aromatic carbocycles. The molecule has 0 bridgehead atoms. The van der Waals surface area contributed by atoms with Crippen LogP contribution < -0.4 is 10.1 Å². The van der Waals surface area contributed by atoms with Crippen LogP contribution in [0.4, 0.5) is 10.7 Å². The molecule has 0 aliphatic rings. The van der Waals surface area contributed by atoms with Gasteiger partial charge in [0.05, 0.1) is 18.1 Å². The van der Waals surface area contributed by atoms with Crippen LogP contribution in [0.5, 0.6) is 11.5 Å². The lowest BCUT2D eigenvalue weighted by Crippen LogP contribution is -2.11. The van der Waals surface area contributed by atoms with Gasteiger partial charge in [0.25, 0.3) is 0 Å². The summed E-state index contributed by atoms with van der Waals surface area (Å²) in [4.78, 5) is 22.3. The Morgan fingerprint density at radius 1 is 1.19 bits per heavy atom. The predicted octanol–water partition coefficient (Wildman–Crippen LogP) is 2.93. The molecule has 0 spiro atoms. The molecule has 0 atom stereocenters. The van der Waals surface area contributed by atoms with Gasteiger partial charge in [-0.15, -0.1) is 0 Å². The van der Waals surface area contributed by atoms with E-state index < -0.39 is 6.09 Å². The monoisotopic (exact) mass is 284 g/mol. The van der Waals surface area contributed by atoms with Crippen LogP contribution in [-0.4, -0.2) is 28.2 Å². The number of fused-ring (bicyclic) bond motifs is 1. The maximum absolute atomic E-state index is 11.1. The van der Waals surface area contributed by atoms with Crippen molar-refractivity contribution in [3.05, 3.63) is 42.7 Å². The van der Waals surface area contributed by atoms with E-state index in [4.69, 9.17) is 4.74 Å². The minimum absolute atomic E-state index is 0.318. The number of H-pyrrole nitrogens is 1. The quantitative estimate of drug-likeness (QED) is 0.771. The number of hydrogen-bond acceptors (Lipinski definition) is 5. The Morgan fingerprint density at radius 2 is 2.00 bits per heavy atom. The molecule has 1 amide bonds. The second-order valence-electron chi connectivity index (χ2n) is 4.17. The molecule has 3 rings (SSSR count). The fraction of sp³-hybridized carbons (Fsp3) is 0.0714. The zero-order valence-corrected chi connectivity index (χ0v) is 11.2. The van der Waals surface area contributed by atoms with Gasteiger partial charge in [0.1, 0.15) is 11.5 Å². The van der Waals surface area contributed by atoms with Gasteiger partial charge in [-0.2, -0.15) is 0 Å². The van der Waals surface area contributed by atoms with Crippen LogP contribution in [-0.2, 0) is 4.74 Å². The highest BCUT2D eigenvalue weighted by atomic mass is 16.5.